The van der Waals surface area contributed by atoms with Gasteiger partial charge in [-0.2, -0.15) is 4.31 Å². The van der Waals surface area contributed by atoms with E-state index in [1.807, 2.05) is 11.8 Å². The maximum atomic E-state index is 13.2. The van der Waals surface area contributed by atoms with E-state index in [1.54, 1.807) is 40.1 Å². The Morgan fingerprint density at radius 3 is 2.19 bits per heavy atom. The zero-order valence-electron chi connectivity index (χ0n) is 23.5. The topological polar surface area (TPSA) is 82.6 Å². The van der Waals surface area contributed by atoms with Gasteiger partial charge >= 0.3 is 0 Å². The monoisotopic (exact) mass is 538 g/mol. The van der Waals surface area contributed by atoms with E-state index in [9.17, 15) is 13.2 Å². The van der Waals surface area contributed by atoms with Crippen LogP contribution in [0.3, 0.4) is 0 Å². The van der Waals surface area contributed by atoms with Gasteiger partial charge in [0.1, 0.15) is 12.4 Å². The molecule has 10 heteroatoms. The largest absolute Gasteiger partial charge is 0.497 e. The highest BCUT2D eigenvalue weighted by atomic mass is 32.2. The lowest BCUT2D eigenvalue weighted by atomic mass is 9.88. The number of carbonyl (C=O) groups excluding carboxylic acids is 1. The summed E-state index contributed by atoms with van der Waals surface area (Å²) < 4.78 is 38.5. The van der Waals surface area contributed by atoms with Crippen molar-refractivity contribution in [3.8, 4) is 5.75 Å². The molecule has 1 aromatic rings. The molecule has 9 nitrogen and oxygen atoms in total. The Morgan fingerprint density at radius 1 is 1.05 bits per heavy atom. The Kier molecular flexibility index (Phi) is 10.8. The first-order chi connectivity index (χ1) is 17.6. The standard InChI is InChI=1S/C27H46N4O5S/c1-7-31(24-10-8-23(9-11-24)30-14-12-28(4)13-15-30)26(32)20-36-17-16-29(5)37(33,34)27-21(2)18-25(35-6)19-22(27)3/h18-19,23-24H,7-17,20H2,1-6H3/t23-,24+. The summed E-state index contributed by atoms with van der Waals surface area (Å²) in [6.45, 7) is 11.1. The molecule has 0 spiro atoms. The number of aryl methyl sites for hydroxylation is 2. The van der Waals surface area contributed by atoms with Crippen molar-refractivity contribution >= 4 is 15.9 Å². The van der Waals surface area contributed by atoms with Crippen molar-refractivity contribution in [1.82, 2.24) is 19.0 Å². The van der Waals surface area contributed by atoms with Crippen molar-refractivity contribution in [3.05, 3.63) is 23.3 Å². The number of benzene rings is 1. The summed E-state index contributed by atoms with van der Waals surface area (Å²) >= 11 is 0. The van der Waals surface area contributed by atoms with Crippen LogP contribution >= 0.6 is 0 Å². The molecule has 2 fully saturated rings. The minimum atomic E-state index is -3.69. The summed E-state index contributed by atoms with van der Waals surface area (Å²) in [5.41, 5.74) is 1.28. The van der Waals surface area contributed by atoms with Gasteiger partial charge in [-0.15, -0.1) is 0 Å². The molecule has 1 saturated carbocycles. The third-order valence-corrected chi connectivity index (χ3v) is 10.1. The van der Waals surface area contributed by atoms with Crippen LogP contribution in [0.4, 0.5) is 0 Å². The van der Waals surface area contributed by atoms with Gasteiger partial charge in [-0.3, -0.25) is 9.69 Å². The molecule has 1 aromatic carbocycles. The van der Waals surface area contributed by atoms with E-state index >= 15 is 0 Å². The molecular weight excluding hydrogens is 492 g/mol. The van der Waals surface area contributed by atoms with Crippen LogP contribution in [0.15, 0.2) is 17.0 Å². The molecule has 0 atom stereocenters. The second-order valence-corrected chi connectivity index (χ2v) is 12.4. The van der Waals surface area contributed by atoms with Crippen molar-refractivity contribution in [2.45, 2.75) is 63.4 Å². The quantitative estimate of drug-likeness (QED) is 0.400. The predicted molar refractivity (Wildman–Crippen MR) is 146 cm³/mol. The van der Waals surface area contributed by atoms with Crippen LogP contribution in [0.2, 0.25) is 0 Å². The molecule has 210 valence electrons. The molecule has 1 heterocycles. The van der Waals surface area contributed by atoms with E-state index in [0.29, 0.717) is 29.5 Å². The van der Waals surface area contributed by atoms with Crippen LogP contribution in [0.5, 0.6) is 5.75 Å². The van der Waals surface area contributed by atoms with Gasteiger partial charge in [0.15, 0.2) is 0 Å². The maximum Gasteiger partial charge on any atom is 0.248 e. The van der Waals surface area contributed by atoms with Crippen LogP contribution in [-0.4, -0.2) is 119 Å². The van der Waals surface area contributed by atoms with Gasteiger partial charge in [-0.1, -0.05) is 0 Å². The minimum Gasteiger partial charge on any atom is -0.497 e. The van der Waals surface area contributed by atoms with Crippen molar-refractivity contribution < 1.29 is 22.7 Å². The number of hydrogen-bond acceptors (Lipinski definition) is 7. The number of piperazine rings is 1. The van der Waals surface area contributed by atoms with E-state index < -0.39 is 10.0 Å². The van der Waals surface area contributed by atoms with E-state index in [0.717, 1.165) is 51.9 Å². The van der Waals surface area contributed by atoms with Gasteiger partial charge < -0.3 is 19.3 Å². The highest BCUT2D eigenvalue weighted by Gasteiger charge is 2.31. The molecule has 1 aliphatic carbocycles. The zero-order valence-corrected chi connectivity index (χ0v) is 24.3. The van der Waals surface area contributed by atoms with Crippen LogP contribution in [0, 0.1) is 13.8 Å². The van der Waals surface area contributed by atoms with E-state index in [2.05, 4.69) is 16.8 Å². The summed E-state index contributed by atoms with van der Waals surface area (Å²) in [5.74, 6) is 0.615. The highest BCUT2D eigenvalue weighted by Crippen LogP contribution is 2.29. The fraction of sp³-hybridized carbons (Fsp3) is 0.741. The van der Waals surface area contributed by atoms with Crippen molar-refractivity contribution in [3.63, 3.8) is 0 Å². The summed E-state index contributed by atoms with van der Waals surface area (Å²) in [6.07, 6.45) is 4.31. The normalized spacial score (nSPS) is 21.8. The van der Waals surface area contributed by atoms with Crippen molar-refractivity contribution in [2.75, 3.05) is 73.7 Å². The number of sulfonamides is 1. The third-order valence-electron chi connectivity index (χ3n) is 7.94. The third kappa shape index (κ3) is 7.44. The fourth-order valence-corrected chi connectivity index (χ4v) is 7.27. The van der Waals surface area contributed by atoms with Gasteiger partial charge in [-0.05, 0) is 76.8 Å². The van der Waals surface area contributed by atoms with E-state index in [4.69, 9.17) is 9.47 Å². The predicted octanol–water partition coefficient (Wildman–Crippen LogP) is 2.36. The molecule has 1 amide bonds. The van der Waals surface area contributed by atoms with Gasteiger partial charge in [0.05, 0.1) is 18.6 Å². The van der Waals surface area contributed by atoms with Crippen LogP contribution in [0.1, 0.15) is 43.7 Å². The molecular formula is C27H46N4O5S. The lowest BCUT2D eigenvalue weighted by Crippen LogP contribution is -2.52. The second kappa shape index (κ2) is 13.4. The first-order valence-corrected chi connectivity index (χ1v) is 14.9. The molecule has 2 aliphatic rings. The second-order valence-electron chi connectivity index (χ2n) is 10.5. The summed E-state index contributed by atoms with van der Waals surface area (Å²) in [7, 11) is 1.60. The van der Waals surface area contributed by atoms with Crippen LogP contribution in [-0.2, 0) is 19.6 Å². The Labute approximate surface area is 223 Å². The highest BCUT2D eigenvalue weighted by molar-refractivity contribution is 7.89. The van der Waals surface area contributed by atoms with Crippen molar-refractivity contribution in [1.29, 1.82) is 0 Å². The van der Waals surface area contributed by atoms with E-state index in [1.165, 1.54) is 4.31 Å². The molecule has 0 bridgehead atoms. The molecule has 1 saturated heterocycles. The van der Waals surface area contributed by atoms with Gasteiger partial charge in [0, 0.05) is 58.4 Å². The molecule has 37 heavy (non-hydrogen) atoms. The molecule has 0 unspecified atom stereocenters. The minimum absolute atomic E-state index is 0.0158. The Balaban J connectivity index is 1.45. The number of methoxy groups -OCH3 is 1. The average Bonchev–Trinajstić information content (AvgIpc) is 2.87. The number of ether oxygens (including phenoxy) is 2. The van der Waals surface area contributed by atoms with E-state index in [-0.39, 0.29) is 36.6 Å². The van der Waals surface area contributed by atoms with Crippen LogP contribution < -0.4 is 4.74 Å². The van der Waals surface area contributed by atoms with Crippen molar-refractivity contribution in [2.24, 2.45) is 0 Å². The van der Waals surface area contributed by atoms with Gasteiger partial charge in [0.25, 0.3) is 0 Å². The van der Waals surface area contributed by atoms with Gasteiger partial charge in [0.2, 0.25) is 15.9 Å². The summed E-state index contributed by atoms with van der Waals surface area (Å²) in [4.78, 5) is 20.2. The number of nitrogens with zero attached hydrogens (tertiary/aromatic N) is 4. The molecule has 1 aliphatic heterocycles. The molecule has 3 rings (SSSR count). The lowest BCUT2D eigenvalue weighted by Gasteiger charge is -2.43. The SMILES string of the molecule is CCN(C(=O)COCCN(C)S(=O)(=O)c1c(C)cc(OC)cc1C)[C@H]1CC[C@@H](N2CCN(C)CC2)CC1. The number of carbonyl (C=O) groups is 1. The first kappa shape index (κ1) is 29.8. The molecule has 0 N–H and O–H groups in total. The Hall–Kier alpha value is -1.72. The number of likely N-dealkylation sites (N-methyl/N-ethyl adjacent to an activating group) is 3. The smallest absolute Gasteiger partial charge is 0.248 e. The molecule has 0 aromatic heterocycles. The Bertz CT molecular complexity index is 979. The Morgan fingerprint density at radius 2 is 1.65 bits per heavy atom. The number of rotatable bonds is 11. The number of amides is 1. The maximum absolute atomic E-state index is 13.2. The average molecular weight is 539 g/mol. The summed E-state index contributed by atoms with van der Waals surface area (Å²) in [6, 6.07) is 4.33. The van der Waals surface area contributed by atoms with Gasteiger partial charge in [-0.25, -0.2) is 8.42 Å². The number of hydrogen-bond donors (Lipinski definition) is 0. The van der Waals surface area contributed by atoms with Crippen LogP contribution in [0.25, 0.3) is 0 Å². The molecule has 0 radical (unpaired) electrons. The lowest BCUT2D eigenvalue weighted by molar-refractivity contribution is -0.139. The fourth-order valence-electron chi connectivity index (χ4n) is 5.71. The summed E-state index contributed by atoms with van der Waals surface area (Å²) in [5, 5.41) is 0. The zero-order chi connectivity index (χ0) is 27.2. The first-order valence-electron chi connectivity index (χ1n) is 13.5.